The summed E-state index contributed by atoms with van der Waals surface area (Å²) in [6.07, 6.45) is 0.858. The monoisotopic (exact) mass is 365 g/mol. The van der Waals surface area contributed by atoms with Gasteiger partial charge in [-0.2, -0.15) is 4.99 Å². The molecule has 4 N–H and O–H groups in total. The maximum Gasteiger partial charge on any atom is 0.217 e. The Morgan fingerprint density at radius 3 is 3.04 bits per heavy atom. The number of aromatic nitrogens is 1. The van der Waals surface area contributed by atoms with Crippen LogP contribution in [0.5, 0.6) is 0 Å². The molecule has 0 bridgehead atoms. The first-order valence-corrected chi connectivity index (χ1v) is 8.91. The number of nitrogens with zero attached hydrogens (tertiary/aromatic N) is 2. The van der Waals surface area contributed by atoms with Crippen molar-refractivity contribution in [2.24, 2.45) is 10.7 Å². The van der Waals surface area contributed by atoms with Gasteiger partial charge >= 0.3 is 0 Å². The highest BCUT2D eigenvalue weighted by Gasteiger charge is 2.09. The second kappa shape index (κ2) is 9.80. The van der Waals surface area contributed by atoms with E-state index in [2.05, 4.69) is 20.6 Å². The molecule has 0 spiro atoms. The molecular weight excluding hydrogens is 342 g/mol. The van der Waals surface area contributed by atoms with Crippen LogP contribution < -0.4 is 16.4 Å². The fourth-order valence-electron chi connectivity index (χ4n) is 1.93. The standard InChI is InChI=1S/C16H23N5O3S/c1-3-23-8-4-7-18-15(17)21-16-20-13(10-25-16)14-6-5-12(24-14)9-19-11(2)22/h5-6,10H,3-4,7-9H2,1-2H3,(H,19,22)(H3,17,18,20,21). The molecule has 2 aromatic heterocycles. The number of furan rings is 1. The average molecular weight is 365 g/mol. The number of carbonyl (C=O) groups excluding carboxylic acids is 1. The molecule has 0 aliphatic rings. The zero-order valence-corrected chi connectivity index (χ0v) is 15.2. The lowest BCUT2D eigenvalue weighted by molar-refractivity contribution is -0.119. The number of hydrogen-bond acceptors (Lipinski definition) is 6. The number of amides is 1. The molecule has 8 nitrogen and oxygen atoms in total. The molecule has 0 unspecified atom stereocenters. The van der Waals surface area contributed by atoms with Crippen LogP contribution in [0.2, 0.25) is 0 Å². The summed E-state index contributed by atoms with van der Waals surface area (Å²) in [5.41, 5.74) is 6.52. The fourth-order valence-corrected chi connectivity index (χ4v) is 2.62. The lowest BCUT2D eigenvalue weighted by atomic mass is 10.3. The lowest BCUT2D eigenvalue weighted by Crippen LogP contribution is -2.32. The van der Waals surface area contributed by atoms with Crippen molar-refractivity contribution in [1.29, 1.82) is 0 Å². The van der Waals surface area contributed by atoms with E-state index in [1.165, 1.54) is 18.3 Å². The second-order valence-corrected chi connectivity index (χ2v) is 6.00. The average Bonchev–Trinajstić information content (AvgIpc) is 3.21. The first-order chi connectivity index (χ1) is 12.1. The van der Waals surface area contributed by atoms with E-state index < -0.39 is 0 Å². The lowest BCUT2D eigenvalue weighted by Gasteiger charge is -2.04. The Labute approximate surface area is 150 Å². The van der Waals surface area contributed by atoms with Gasteiger partial charge in [0.2, 0.25) is 11.0 Å². The van der Waals surface area contributed by atoms with Crippen LogP contribution in [-0.4, -0.2) is 36.6 Å². The molecule has 9 heteroatoms. The van der Waals surface area contributed by atoms with E-state index in [-0.39, 0.29) is 5.91 Å². The summed E-state index contributed by atoms with van der Waals surface area (Å²) in [4.78, 5) is 19.6. The highest BCUT2D eigenvalue weighted by Crippen LogP contribution is 2.28. The Hall–Kier alpha value is -2.39. The Balaban J connectivity index is 1.88. The van der Waals surface area contributed by atoms with E-state index in [0.717, 1.165) is 6.42 Å². The Kier molecular flexibility index (Phi) is 7.42. The predicted octanol–water partition coefficient (Wildman–Crippen LogP) is 2.00. The molecule has 2 heterocycles. The summed E-state index contributed by atoms with van der Waals surface area (Å²) in [7, 11) is 0. The van der Waals surface area contributed by atoms with Crippen molar-refractivity contribution in [3.63, 3.8) is 0 Å². The summed E-state index contributed by atoms with van der Waals surface area (Å²) >= 11 is 1.37. The molecule has 25 heavy (non-hydrogen) atoms. The minimum Gasteiger partial charge on any atom is -0.458 e. The second-order valence-electron chi connectivity index (χ2n) is 5.17. The highest BCUT2D eigenvalue weighted by molar-refractivity contribution is 7.13. The number of thiazole rings is 1. The van der Waals surface area contributed by atoms with E-state index in [0.29, 0.717) is 54.6 Å². The number of rotatable bonds is 9. The van der Waals surface area contributed by atoms with Crippen molar-refractivity contribution in [3.8, 4) is 11.5 Å². The molecule has 2 aromatic rings. The van der Waals surface area contributed by atoms with Crippen LogP contribution >= 0.6 is 11.3 Å². The van der Waals surface area contributed by atoms with Crippen LogP contribution in [-0.2, 0) is 16.1 Å². The van der Waals surface area contributed by atoms with Gasteiger partial charge in [0.05, 0.1) is 6.54 Å². The van der Waals surface area contributed by atoms with E-state index >= 15 is 0 Å². The summed E-state index contributed by atoms with van der Waals surface area (Å²) in [6.45, 7) is 5.87. The van der Waals surface area contributed by atoms with E-state index in [4.69, 9.17) is 14.9 Å². The van der Waals surface area contributed by atoms with Crippen LogP contribution in [0.3, 0.4) is 0 Å². The number of ether oxygens (including phenoxy) is 1. The number of hydrogen-bond donors (Lipinski definition) is 3. The summed E-state index contributed by atoms with van der Waals surface area (Å²) < 4.78 is 10.9. The molecule has 136 valence electrons. The van der Waals surface area contributed by atoms with Gasteiger partial charge in [-0.25, -0.2) is 4.98 Å². The van der Waals surface area contributed by atoms with Crippen molar-refractivity contribution >= 4 is 28.3 Å². The molecule has 0 saturated heterocycles. The number of guanidine groups is 1. The molecule has 2 rings (SSSR count). The van der Waals surface area contributed by atoms with Gasteiger partial charge in [0, 0.05) is 32.1 Å². The third kappa shape index (κ3) is 6.55. The Bertz CT molecular complexity index is 710. The maximum absolute atomic E-state index is 10.9. The third-order valence-corrected chi connectivity index (χ3v) is 3.84. The predicted molar refractivity (Wildman–Crippen MR) is 97.7 cm³/mol. The summed E-state index contributed by atoms with van der Waals surface area (Å²) in [6, 6.07) is 3.62. The topological polar surface area (TPSA) is 115 Å². The van der Waals surface area contributed by atoms with Crippen LogP contribution in [0.25, 0.3) is 11.5 Å². The first-order valence-electron chi connectivity index (χ1n) is 8.03. The number of nitrogens with two attached hydrogens (primary N) is 1. The number of aliphatic imine (C=N–C) groups is 1. The minimum absolute atomic E-state index is 0.104. The molecule has 1 amide bonds. The van der Waals surface area contributed by atoms with Crippen LogP contribution in [0.1, 0.15) is 26.0 Å². The zero-order chi connectivity index (χ0) is 18.1. The van der Waals surface area contributed by atoms with Gasteiger partial charge in [0.1, 0.15) is 11.5 Å². The highest BCUT2D eigenvalue weighted by atomic mass is 32.1. The quantitative estimate of drug-likeness (QED) is 0.356. The van der Waals surface area contributed by atoms with Gasteiger partial charge in [-0.3, -0.25) is 4.79 Å². The molecule has 0 fully saturated rings. The van der Waals surface area contributed by atoms with Gasteiger partial charge < -0.3 is 25.5 Å². The van der Waals surface area contributed by atoms with Crippen molar-refractivity contribution in [3.05, 3.63) is 23.3 Å². The molecule has 0 radical (unpaired) electrons. The summed E-state index contributed by atoms with van der Waals surface area (Å²) in [5.74, 6) is 1.51. The minimum atomic E-state index is -0.104. The zero-order valence-electron chi connectivity index (χ0n) is 14.4. The van der Waals surface area contributed by atoms with Crippen molar-refractivity contribution in [2.75, 3.05) is 19.8 Å². The summed E-state index contributed by atoms with van der Waals surface area (Å²) in [5, 5.41) is 8.10. The number of carbonyl (C=O) groups is 1. The van der Waals surface area contributed by atoms with Gasteiger partial charge in [-0.1, -0.05) is 0 Å². The van der Waals surface area contributed by atoms with E-state index in [9.17, 15) is 4.79 Å². The van der Waals surface area contributed by atoms with E-state index in [1.807, 2.05) is 24.4 Å². The van der Waals surface area contributed by atoms with Crippen LogP contribution in [0, 0.1) is 0 Å². The van der Waals surface area contributed by atoms with Gasteiger partial charge in [-0.15, -0.1) is 11.3 Å². The van der Waals surface area contributed by atoms with Gasteiger partial charge in [0.15, 0.2) is 11.7 Å². The maximum atomic E-state index is 10.9. The van der Waals surface area contributed by atoms with Crippen molar-refractivity contribution < 1.29 is 13.9 Å². The molecule has 0 saturated carbocycles. The number of nitrogens with one attached hydrogen (secondary N) is 2. The van der Waals surface area contributed by atoms with Crippen molar-refractivity contribution in [1.82, 2.24) is 15.6 Å². The molecule has 0 atom stereocenters. The molecular formula is C16H23N5O3S. The Morgan fingerprint density at radius 1 is 1.44 bits per heavy atom. The SMILES string of the molecule is CCOCCCN/C(N)=N/c1nc(-c2ccc(CNC(C)=O)o2)cs1. The molecule has 0 aliphatic carbocycles. The van der Waals surface area contributed by atoms with Crippen LogP contribution in [0.4, 0.5) is 5.13 Å². The normalized spacial score (nSPS) is 11.5. The van der Waals surface area contributed by atoms with Gasteiger partial charge in [-0.05, 0) is 25.5 Å². The van der Waals surface area contributed by atoms with Crippen molar-refractivity contribution in [2.45, 2.75) is 26.8 Å². The molecule has 0 aromatic carbocycles. The van der Waals surface area contributed by atoms with E-state index in [1.54, 1.807) is 0 Å². The largest absolute Gasteiger partial charge is 0.458 e. The van der Waals surface area contributed by atoms with Gasteiger partial charge in [0.25, 0.3) is 0 Å². The smallest absolute Gasteiger partial charge is 0.217 e. The van der Waals surface area contributed by atoms with Crippen LogP contribution in [0.15, 0.2) is 26.9 Å². The molecule has 0 aliphatic heterocycles. The third-order valence-electron chi connectivity index (χ3n) is 3.11. The Morgan fingerprint density at radius 2 is 2.28 bits per heavy atom. The fraction of sp³-hybridized carbons (Fsp3) is 0.438. The first kappa shape index (κ1) is 18.9.